The molecule has 0 radical (unpaired) electrons. The van der Waals surface area contributed by atoms with E-state index in [9.17, 15) is 4.79 Å². The molecule has 1 aromatic carbocycles. The zero-order valence-corrected chi connectivity index (χ0v) is 12.8. The second kappa shape index (κ2) is 6.26. The Bertz CT molecular complexity index is 595. The molecule has 1 N–H and O–H groups in total. The summed E-state index contributed by atoms with van der Waals surface area (Å²) in [5.74, 6) is -0.0903. The predicted molar refractivity (Wildman–Crippen MR) is 80.4 cm³/mol. The Kier molecular flexibility index (Phi) is 4.66. The number of carbonyl (C=O) groups excluding carboxylic acids is 1. The Morgan fingerprint density at radius 2 is 2.21 bits per heavy atom. The maximum absolute atomic E-state index is 12.1. The highest BCUT2D eigenvalue weighted by molar-refractivity contribution is 9.10. The van der Waals surface area contributed by atoms with Gasteiger partial charge >= 0.3 is 0 Å². The van der Waals surface area contributed by atoms with Gasteiger partial charge in [-0.3, -0.25) is 4.79 Å². The number of rotatable bonds is 4. The molecule has 1 aromatic heterocycles. The zero-order valence-electron chi connectivity index (χ0n) is 10.5. The highest BCUT2D eigenvalue weighted by atomic mass is 79.9. The number of hydrogen-bond acceptors (Lipinski definition) is 1. The van der Waals surface area contributed by atoms with Gasteiger partial charge < -0.3 is 9.88 Å². The molecule has 1 heterocycles. The Balaban J connectivity index is 2.05. The third-order valence-corrected chi connectivity index (χ3v) is 3.45. The van der Waals surface area contributed by atoms with Crippen molar-refractivity contribution in [3.8, 4) is 0 Å². The molecule has 1 amide bonds. The summed E-state index contributed by atoms with van der Waals surface area (Å²) in [4.78, 5) is 12.1. The summed E-state index contributed by atoms with van der Waals surface area (Å²) in [5, 5.41) is 3.56. The van der Waals surface area contributed by atoms with E-state index >= 15 is 0 Å². The molecule has 0 aliphatic rings. The second-order valence-corrected chi connectivity index (χ2v) is 5.49. The van der Waals surface area contributed by atoms with Gasteiger partial charge in [0.1, 0.15) is 5.69 Å². The molecule has 0 saturated carbocycles. The first-order valence-corrected chi connectivity index (χ1v) is 7.15. The van der Waals surface area contributed by atoms with E-state index in [0.29, 0.717) is 17.3 Å². The van der Waals surface area contributed by atoms with E-state index in [1.807, 2.05) is 48.0 Å². The van der Waals surface area contributed by atoms with Crippen LogP contribution in [-0.2, 0) is 13.1 Å². The summed E-state index contributed by atoms with van der Waals surface area (Å²) in [6.45, 7) is 3.22. The van der Waals surface area contributed by atoms with Crippen LogP contribution in [0.15, 0.2) is 41.0 Å². The number of amides is 1. The molecule has 5 heteroatoms. The van der Waals surface area contributed by atoms with Gasteiger partial charge in [-0.25, -0.2) is 0 Å². The summed E-state index contributed by atoms with van der Waals surface area (Å²) in [7, 11) is 0. The molecule has 0 saturated heterocycles. The number of carbonyl (C=O) groups is 1. The van der Waals surface area contributed by atoms with Crippen LogP contribution in [0.1, 0.15) is 23.0 Å². The lowest BCUT2D eigenvalue weighted by Gasteiger charge is -2.08. The van der Waals surface area contributed by atoms with Crippen LogP contribution >= 0.6 is 27.5 Å². The first-order chi connectivity index (χ1) is 9.10. The predicted octanol–water partition coefficient (Wildman–Crippen LogP) is 3.85. The van der Waals surface area contributed by atoms with Crippen LogP contribution in [0.5, 0.6) is 0 Å². The Hall–Kier alpha value is -1.26. The molecule has 2 aromatic rings. The van der Waals surface area contributed by atoms with Crippen molar-refractivity contribution in [2.45, 2.75) is 20.0 Å². The van der Waals surface area contributed by atoms with Gasteiger partial charge in [0, 0.05) is 28.8 Å². The van der Waals surface area contributed by atoms with Gasteiger partial charge in [0.25, 0.3) is 5.91 Å². The minimum atomic E-state index is -0.0903. The molecule has 2 rings (SSSR count). The van der Waals surface area contributed by atoms with Crippen LogP contribution in [-0.4, -0.2) is 10.5 Å². The van der Waals surface area contributed by atoms with E-state index < -0.39 is 0 Å². The average molecular weight is 342 g/mol. The molecule has 0 atom stereocenters. The minimum absolute atomic E-state index is 0.0903. The lowest BCUT2D eigenvalue weighted by molar-refractivity contribution is 0.0941. The van der Waals surface area contributed by atoms with E-state index in [-0.39, 0.29) is 5.91 Å². The third-order valence-electron chi connectivity index (χ3n) is 2.78. The van der Waals surface area contributed by atoms with Gasteiger partial charge in [0.05, 0.1) is 0 Å². The van der Waals surface area contributed by atoms with Crippen molar-refractivity contribution < 1.29 is 4.79 Å². The number of aryl methyl sites for hydroxylation is 1. The maximum atomic E-state index is 12.1. The molecule has 0 aliphatic carbocycles. The smallest absolute Gasteiger partial charge is 0.268 e. The Morgan fingerprint density at radius 1 is 1.42 bits per heavy atom. The Labute approximate surface area is 125 Å². The van der Waals surface area contributed by atoms with Gasteiger partial charge in [0.2, 0.25) is 0 Å². The van der Waals surface area contributed by atoms with Gasteiger partial charge in [-0.15, -0.1) is 0 Å². The number of nitrogens with one attached hydrogen (secondary N) is 1. The van der Waals surface area contributed by atoms with Crippen LogP contribution in [0.4, 0.5) is 0 Å². The summed E-state index contributed by atoms with van der Waals surface area (Å²) >= 11 is 9.28. The second-order valence-electron chi connectivity index (χ2n) is 4.14. The van der Waals surface area contributed by atoms with Crippen molar-refractivity contribution in [1.82, 2.24) is 9.88 Å². The van der Waals surface area contributed by atoms with Crippen LogP contribution in [0.25, 0.3) is 0 Å². The molecule has 3 nitrogen and oxygen atoms in total. The van der Waals surface area contributed by atoms with Crippen molar-refractivity contribution in [3.05, 3.63) is 57.3 Å². The first kappa shape index (κ1) is 14.2. The fourth-order valence-electron chi connectivity index (χ4n) is 1.85. The lowest BCUT2D eigenvalue weighted by atomic mass is 10.2. The molecular weight excluding hydrogens is 328 g/mol. The van der Waals surface area contributed by atoms with Crippen LogP contribution in [0, 0.1) is 0 Å². The number of benzene rings is 1. The fourth-order valence-corrected chi connectivity index (χ4v) is 2.52. The standard InChI is InChI=1S/C14H14BrClN2O/c1-2-18-9-11(15)7-13(18)14(19)17-8-10-4-3-5-12(16)6-10/h3-7,9H,2,8H2,1H3,(H,17,19). The van der Waals surface area contributed by atoms with Crippen LogP contribution < -0.4 is 5.32 Å². The molecule has 0 aliphatic heterocycles. The molecule has 0 fully saturated rings. The highest BCUT2D eigenvalue weighted by Gasteiger charge is 2.11. The molecule has 0 unspecified atom stereocenters. The normalized spacial score (nSPS) is 10.5. The molecule has 0 spiro atoms. The number of hydrogen-bond donors (Lipinski definition) is 1. The molecule has 19 heavy (non-hydrogen) atoms. The SMILES string of the molecule is CCn1cc(Br)cc1C(=O)NCc1cccc(Cl)c1. The third kappa shape index (κ3) is 3.61. The van der Waals surface area contributed by atoms with Crippen molar-refractivity contribution in [1.29, 1.82) is 0 Å². The molecular formula is C14H14BrClN2O. The Morgan fingerprint density at radius 3 is 2.89 bits per heavy atom. The van der Waals surface area contributed by atoms with Crippen molar-refractivity contribution >= 4 is 33.4 Å². The van der Waals surface area contributed by atoms with Gasteiger partial charge in [-0.1, -0.05) is 23.7 Å². The van der Waals surface area contributed by atoms with Gasteiger partial charge in [-0.05, 0) is 46.6 Å². The summed E-state index contributed by atoms with van der Waals surface area (Å²) in [5.41, 5.74) is 1.63. The number of aromatic nitrogens is 1. The molecule has 100 valence electrons. The van der Waals surface area contributed by atoms with E-state index in [4.69, 9.17) is 11.6 Å². The quantitative estimate of drug-likeness (QED) is 0.900. The fraction of sp³-hybridized carbons (Fsp3) is 0.214. The molecule has 0 bridgehead atoms. The number of halogens is 2. The maximum Gasteiger partial charge on any atom is 0.268 e. The lowest BCUT2D eigenvalue weighted by Crippen LogP contribution is -2.25. The summed E-state index contributed by atoms with van der Waals surface area (Å²) < 4.78 is 2.81. The van der Waals surface area contributed by atoms with Crippen LogP contribution in [0.2, 0.25) is 5.02 Å². The van der Waals surface area contributed by atoms with E-state index in [2.05, 4.69) is 21.2 Å². The zero-order chi connectivity index (χ0) is 13.8. The van der Waals surface area contributed by atoms with Crippen LogP contribution in [0.3, 0.4) is 0 Å². The van der Waals surface area contributed by atoms with Gasteiger partial charge in [0.15, 0.2) is 0 Å². The van der Waals surface area contributed by atoms with Crippen molar-refractivity contribution in [2.75, 3.05) is 0 Å². The van der Waals surface area contributed by atoms with Crippen molar-refractivity contribution in [3.63, 3.8) is 0 Å². The van der Waals surface area contributed by atoms with E-state index in [1.54, 1.807) is 0 Å². The monoisotopic (exact) mass is 340 g/mol. The summed E-state index contributed by atoms with van der Waals surface area (Å²) in [6.07, 6.45) is 1.90. The van der Waals surface area contributed by atoms with E-state index in [1.165, 1.54) is 0 Å². The highest BCUT2D eigenvalue weighted by Crippen LogP contribution is 2.15. The minimum Gasteiger partial charge on any atom is -0.347 e. The number of nitrogens with zero attached hydrogens (tertiary/aromatic N) is 1. The van der Waals surface area contributed by atoms with E-state index in [0.717, 1.165) is 16.6 Å². The topological polar surface area (TPSA) is 34.0 Å². The van der Waals surface area contributed by atoms with Crippen molar-refractivity contribution in [2.24, 2.45) is 0 Å². The van der Waals surface area contributed by atoms with Gasteiger partial charge in [-0.2, -0.15) is 0 Å². The largest absolute Gasteiger partial charge is 0.347 e. The summed E-state index contributed by atoms with van der Waals surface area (Å²) in [6, 6.07) is 9.27. The first-order valence-electron chi connectivity index (χ1n) is 5.98. The average Bonchev–Trinajstić information content (AvgIpc) is 2.77.